The monoisotopic (exact) mass is 323 g/mol. The van der Waals surface area contributed by atoms with Crippen molar-refractivity contribution in [2.45, 2.75) is 19.4 Å². The van der Waals surface area contributed by atoms with Gasteiger partial charge in [-0.15, -0.1) is 0 Å². The molecule has 4 nitrogen and oxygen atoms in total. The molecule has 2 aliphatic rings. The molecule has 1 N–H and O–H groups in total. The van der Waals surface area contributed by atoms with E-state index in [0.29, 0.717) is 17.4 Å². The molecule has 0 aromatic carbocycles. The Bertz CT molecular complexity index is 517. The number of hydrogen-bond acceptors (Lipinski definition) is 3. The summed E-state index contributed by atoms with van der Waals surface area (Å²) in [7, 11) is 0. The first-order chi connectivity index (χ1) is 9.00. The second kappa shape index (κ2) is 4.56. The van der Waals surface area contributed by atoms with E-state index in [4.69, 9.17) is 0 Å². The van der Waals surface area contributed by atoms with Gasteiger partial charge in [-0.25, -0.2) is 0 Å². The van der Waals surface area contributed by atoms with E-state index in [1.54, 1.807) is 12.4 Å². The van der Waals surface area contributed by atoms with Gasteiger partial charge in [-0.2, -0.15) is 0 Å². The van der Waals surface area contributed by atoms with E-state index in [2.05, 4.69) is 40.1 Å². The largest absolute Gasteiger partial charge is 0.333 e. The Hall–Kier alpha value is -0.940. The highest BCUT2D eigenvalue weighted by atomic mass is 79.9. The molecule has 2 aliphatic heterocycles. The predicted octanol–water partition coefficient (Wildman–Crippen LogP) is 1.91. The molecule has 5 heteroatoms. The van der Waals surface area contributed by atoms with Crippen molar-refractivity contribution in [2.24, 2.45) is 11.8 Å². The third-order valence-corrected chi connectivity index (χ3v) is 4.99. The van der Waals surface area contributed by atoms with E-state index in [1.165, 1.54) is 0 Å². The molecule has 0 bridgehead atoms. The Balaban J connectivity index is 1.88. The van der Waals surface area contributed by atoms with Crippen LogP contribution in [-0.2, 0) is 0 Å². The van der Waals surface area contributed by atoms with Crippen molar-refractivity contribution in [3.63, 3.8) is 0 Å². The summed E-state index contributed by atoms with van der Waals surface area (Å²) in [6.45, 7) is 7.23. The van der Waals surface area contributed by atoms with Gasteiger partial charge in [0.05, 0.1) is 5.56 Å². The van der Waals surface area contributed by atoms with Gasteiger partial charge in [-0.1, -0.05) is 0 Å². The fraction of sp³-hybridized carbons (Fsp3) is 0.571. The second-order valence-corrected chi connectivity index (χ2v) is 6.90. The minimum Gasteiger partial charge on any atom is -0.333 e. The van der Waals surface area contributed by atoms with Crippen molar-refractivity contribution >= 4 is 21.8 Å². The van der Waals surface area contributed by atoms with Crippen LogP contribution in [-0.4, -0.2) is 41.0 Å². The Morgan fingerprint density at radius 1 is 1.47 bits per heavy atom. The maximum absolute atomic E-state index is 12.7. The van der Waals surface area contributed by atoms with Gasteiger partial charge in [-0.3, -0.25) is 9.78 Å². The number of likely N-dealkylation sites (tertiary alicyclic amines) is 1. The summed E-state index contributed by atoms with van der Waals surface area (Å²) in [5.74, 6) is 1.23. The van der Waals surface area contributed by atoms with Gasteiger partial charge >= 0.3 is 0 Å². The van der Waals surface area contributed by atoms with Crippen LogP contribution < -0.4 is 5.32 Å². The van der Waals surface area contributed by atoms with Crippen LogP contribution in [0, 0.1) is 11.8 Å². The molecule has 19 heavy (non-hydrogen) atoms. The number of carbonyl (C=O) groups excluding carboxylic acids is 1. The first kappa shape index (κ1) is 13.1. The number of fused-ring (bicyclic) bond motifs is 1. The zero-order valence-electron chi connectivity index (χ0n) is 11.2. The summed E-state index contributed by atoms with van der Waals surface area (Å²) >= 11 is 3.37. The predicted molar refractivity (Wildman–Crippen MR) is 76.9 cm³/mol. The first-order valence-corrected chi connectivity index (χ1v) is 7.42. The lowest BCUT2D eigenvalue weighted by atomic mass is 9.85. The van der Waals surface area contributed by atoms with Gasteiger partial charge in [0.1, 0.15) is 0 Å². The third kappa shape index (κ3) is 2.09. The quantitative estimate of drug-likeness (QED) is 0.858. The molecular formula is C14H18BrN3O. The average Bonchev–Trinajstić information content (AvgIpc) is 2.91. The molecule has 102 valence electrons. The summed E-state index contributed by atoms with van der Waals surface area (Å²) in [4.78, 5) is 18.8. The highest BCUT2D eigenvalue weighted by Crippen LogP contribution is 2.41. The van der Waals surface area contributed by atoms with Crippen molar-refractivity contribution < 1.29 is 4.79 Å². The average molecular weight is 324 g/mol. The van der Waals surface area contributed by atoms with Gasteiger partial charge in [0.25, 0.3) is 5.91 Å². The standard InChI is InChI=1S/C14H18BrN3O/c1-14(2)12-7-17-5-10(12)8-18(14)13(19)9-3-11(15)6-16-4-9/h3-4,6,10,12,17H,5,7-8H2,1-2H3. The topological polar surface area (TPSA) is 45.2 Å². The van der Waals surface area contributed by atoms with E-state index in [-0.39, 0.29) is 11.4 Å². The van der Waals surface area contributed by atoms with Crippen LogP contribution in [0.25, 0.3) is 0 Å². The van der Waals surface area contributed by atoms with Crippen molar-refractivity contribution in [1.82, 2.24) is 15.2 Å². The molecule has 0 saturated carbocycles. The summed E-state index contributed by atoms with van der Waals surface area (Å²) in [6, 6.07) is 1.85. The van der Waals surface area contributed by atoms with Crippen LogP contribution in [0.3, 0.4) is 0 Å². The summed E-state index contributed by atoms with van der Waals surface area (Å²) in [6.07, 6.45) is 3.35. The molecule has 0 aliphatic carbocycles. The normalized spacial score (nSPS) is 28.5. The Morgan fingerprint density at radius 2 is 2.26 bits per heavy atom. The molecule has 2 saturated heterocycles. The zero-order valence-corrected chi connectivity index (χ0v) is 12.8. The number of pyridine rings is 1. The van der Waals surface area contributed by atoms with Crippen LogP contribution in [0.5, 0.6) is 0 Å². The fourth-order valence-electron chi connectivity index (χ4n) is 3.45. The van der Waals surface area contributed by atoms with Crippen molar-refractivity contribution in [2.75, 3.05) is 19.6 Å². The Kier molecular flexibility index (Phi) is 3.14. The SMILES string of the molecule is CC1(C)C2CNCC2CN1C(=O)c1cncc(Br)c1. The number of nitrogens with one attached hydrogen (secondary N) is 1. The van der Waals surface area contributed by atoms with Crippen molar-refractivity contribution in [3.8, 4) is 0 Å². The minimum absolute atomic E-state index is 0.0897. The third-order valence-electron chi connectivity index (χ3n) is 4.56. The number of amides is 1. The van der Waals surface area contributed by atoms with Gasteiger partial charge < -0.3 is 10.2 Å². The lowest BCUT2D eigenvalue weighted by molar-refractivity contribution is 0.0603. The molecular weight excluding hydrogens is 306 g/mol. The molecule has 1 amide bonds. The molecule has 0 spiro atoms. The van der Waals surface area contributed by atoms with Crippen LogP contribution in [0.2, 0.25) is 0 Å². The summed E-state index contributed by atoms with van der Waals surface area (Å²) in [5, 5.41) is 3.43. The number of aromatic nitrogens is 1. The molecule has 2 fully saturated rings. The highest BCUT2D eigenvalue weighted by Gasteiger charge is 2.51. The van der Waals surface area contributed by atoms with E-state index >= 15 is 0 Å². The first-order valence-electron chi connectivity index (χ1n) is 6.63. The smallest absolute Gasteiger partial charge is 0.255 e. The number of halogens is 1. The van der Waals surface area contributed by atoms with Crippen LogP contribution in [0.4, 0.5) is 0 Å². The Morgan fingerprint density at radius 3 is 2.95 bits per heavy atom. The van der Waals surface area contributed by atoms with E-state index < -0.39 is 0 Å². The summed E-state index contributed by atoms with van der Waals surface area (Å²) < 4.78 is 0.845. The zero-order chi connectivity index (χ0) is 13.6. The fourth-order valence-corrected chi connectivity index (χ4v) is 3.82. The highest BCUT2D eigenvalue weighted by molar-refractivity contribution is 9.10. The molecule has 1 aromatic heterocycles. The number of nitrogens with zero attached hydrogens (tertiary/aromatic N) is 2. The molecule has 0 radical (unpaired) electrons. The molecule has 2 atom stereocenters. The maximum atomic E-state index is 12.7. The van der Waals surface area contributed by atoms with Crippen LogP contribution in [0.15, 0.2) is 22.9 Å². The molecule has 1 aromatic rings. The molecule has 3 heterocycles. The number of hydrogen-bond donors (Lipinski definition) is 1. The van der Waals surface area contributed by atoms with Gasteiger partial charge in [0, 0.05) is 42.0 Å². The van der Waals surface area contributed by atoms with Crippen LogP contribution >= 0.6 is 15.9 Å². The van der Waals surface area contributed by atoms with Gasteiger partial charge in [-0.05, 0) is 47.7 Å². The lowest BCUT2D eigenvalue weighted by Crippen LogP contribution is -2.47. The maximum Gasteiger partial charge on any atom is 0.255 e. The molecule has 2 unspecified atom stereocenters. The Labute approximate surface area is 121 Å². The number of rotatable bonds is 1. The molecule has 3 rings (SSSR count). The van der Waals surface area contributed by atoms with Crippen molar-refractivity contribution in [1.29, 1.82) is 0 Å². The second-order valence-electron chi connectivity index (χ2n) is 5.99. The van der Waals surface area contributed by atoms with Gasteiger partial charge in [0.15, 0.2) is 0 Å². The lowest BCUT2D eigenvalue weighted by Gasteiger charge is -2.35. The van der Waals surface area contributed by atoms with Crippen molar-refractivity contribution in [3.05, 3.63) is 28.5 Å². The summed E-state index contributed by atoms with van der Waals surface area (Å²) in [5.41, 5.74) is 0.573. The minimum atomic E-state index is -0.0897. The van der Waals surface area contributed by atoms with E-state index in [0.717, 1.165) is 24.1 Å². The van der Waals surface area contributed by atoms with Crippen LogP contribution in [0.1, 0.15) is 24.2 Å². The van der Waals surface area contributed by atoms with E-state index in [9.17, 15) is 4.79 Å². The van der Waals surface area contributed by atoms with E-state index in [1.807, 2.05) is 11.0 Å². The number of carbonyl (C=O) groups is 1. The van der Waals surface area contributed by atoms with Gasteiger partial charge in [0.2, 0.25) is 0 Å².